The van der Waals surface area contributed by atoms with Gasteiger partial charge in [-0.3, -0.25) is 0 Å². The van der Waals surface area contributed by atoms with Gasteiger partial charge in [0.15, 0.2) is 0 Å². The molecule has 6 nitrogen and oxygen atoms in total. The molecule has 0 aromatic heterocycles. The lowest BCUT2D eigenvalue weighted by atomic mass is 9.98. The number of fused-ring (bicyclic) bond motifs is 1. The molecule has 4 rings (SSSR count). The third-order valence-electron chi connectivity index (χ3n) is 5.66. The van der Waals surface area contributed by atoms with Gasteiger partial charge >= 0.3 is 12.3 Å². The molecule has 0 amide bonds. The summed E-state index contributed by atoms with van der Waals surface area (Å²) in [6.45, 7) is 5.12. The van der Waals surface area contributed by atoms with E-state index >= 15 is 0 Å². The second-order valence-corrected chi connectivity index (χ2v) is 11.5. The van der Waals surface area contributed by atoms with Gasteiger partial charge in [0.2, 0.25) is 10.0 Å². The molecule has 0 saturated carbocycles. The van der Waals surface area contributed by atoms with Crippen molar-refractivity contribution in [3.63, 3.8) is 0 Å². The van der Waals surface area contributed by atoms with Gasteiger partial charge in [0.05, 0.1) is 10.5 Å². The summed E-state index contributed by atoms with van der Waals surface area (Å²) in [7, 11) is -3.96. The molecule has 204 valence electrons. The van der Waals surface area contributed by atoms with Gasteiger partial charge in [-0.05, 0) is 72.5 Å². The molecular formula is C29H26F3NO5S. The molecule has 0 radical (unpaired) electrons. The summed E-state index contributed by atoms with van der Waals surface area (Å²) in [5.41, 5.74) is 1.20. The highest BCUT2D eigenvalue weighted by Crippen LogP contribution is 2.28. The van der Waals surface area contributed by atoms with Crippen LogP contribution in [-0.4, -0.2) is 26.4 Å². The maximum atomic E-state index is 13.1. The van der Waals surface area contributed by atoms with Crippen LogP contribution in [0.2, 0.25) is 0 Å². The molecule has 0 saturated heterocycles. The van der Waals surface area contributed by atoms with Crippen LogP contribution in [0.3, 0.4) is 0 Å². The van der Waals surface area contributed by atoms with Crippen LogP contribution < -0.4 is 9.46 Å². The summed E-state index contributed by atoms with van der Waals surface area (Å²) >= 11 is 0. The van der Waals surface area contributed by atoms with Crippen LogP contribution in [0, 0.1) is 0 Å². The lowest BCUT2D eigenvalue weighted by Crippen LogP contribution is -2.27. The normalized spacial score (nSPS) is 12.4. The first-order valence-corrected chi connectivity index (χ1v) is 13.4. The summed E-state index contributed by atoms with van der Waals surface area (Å²) in [6, 6.07) is 21.9. The van der Waals surface area contributed by atoms with E-state index in [1.54, 1.807) is 51.1 Å². The minimum absolute atomic E-state index is 0.0112. The number of carbonyl (C=O) groups excluding carboxylic acids is 1. The van der Waals surface area contributed by atoms with Gasteiger partial charge in [-0.1, -0.05) is 60.7 Å². The maximum Gasteiger partial charge on any atom is 0.573 e. The molecule has 0 spiro atoms. The third-order valence-corrected chi connectivity index (χ3v) is 7.07. The van der Waals surface area contributed by atoms with Crippen molar-refractivity contribution in [2.45, 2.75) is 44.2 Å². The Kier molecular flexibility index (Phi) is 7.72. The average molecular weight is 558 g/mol. The fourth-order valence-electron chi connectivity index (χ4n) is 3.97. The number of benzene rings is 4. The highest BCUT2D eigenvalue weighted by molar-refractivity contribution is 7.89. The van der Waals surface area contributed by atoms with Crippen molar-refractivity contribution in [2.75, 3.05) is 0 Å². The molecule has 4 aromatic carbocycles. The molecule has 0 aliphatic rings. The maximum absolute atomic E-state index is 13.1. The highest BCUT2D eigenvalue weighted by Gasteiger charge is 2.31. The smallest absolute Gasteiger partial charge is 0.456 e. The first-order chi connectivity index (χ1) is 18.2. The van der Waals surface area contributed by atoms with Crippen molar-refractivity contribution in [2.24, 2.45) is 0 Å². The molecule has 0 heterocycles. The Bertz CT molecular complexity index is 1590. The number of sulfonamides is 1. The van der Waals surface area contributed by atoms with Gasteiger partial charge in [-0.15, -0.1) is 13.2 Å². The standard InChI is InChI=1S/C29H26F3NO5S/c1-28(2,3)38-27(34)26-22(9-8-21-6-4-5-7-25(21)26)18-33-39(35,36)24-16-12-20(13-17-24)19-10-14-23(15-11-19)37-29(30,31)32/h4-17,33H,18H2,1-3H3. The fraction of sp³-hybridized carbons (Fsp3) is 0.207. The van der Waals surface area contributed by atoms with E-state index in [0.717, 1.165) is 5.39 Å². The zero-order valence-electron chi connectivity index (χ0n) is 21.4. The largest absolute Gasteiger partial charge is 0.573 e. The van der Waals surface area contributed by atoms with Crippen molar-refractivity contribution in [1.29, 1.82) is 0 Å². The SMILES string of the molecule is CC(C)(C)OC(=O)c1c(CNS(=O)(=O)c2ccc(-c3ccc(OC(F)(F)F)cc3)cc2)ccc2ccccc12. The number of alkyl halides is 3. The minimum Gasteiger partial charge on any atom is -0.456 e. The molecule has 0 unspecified atom stereocenters. The van der Waals surface area contributed by atoms with Crippen LogP contribution in [0.1, 0.15) is 36.7 Å². The van der Waals surface area contributed by atoms with E-state index in [0.29, 0.717) is 27.6 Å². The second kappa shape index (κ2) is 10.7. The number of ether oxygens (including phenoxy) is 2. The number of nitrogens with one attached hydrogen (secondary N) is 1. The molecule has 4 aromatic rings. The Labute approximate surface area is 224 Å². The third kappa shape index (κ3) is 7.15. The Morgan fingerprint density at radius 2 is 1.41 bits per heavy atom. The van der Waals surface area contributed by atoms with Crippen molar-refractivity contribution in [3.05, 3.63) is 96.1 Å². The molecule has 0 aliphatic carbocycles. The van der Waals surface area contributed by atoms with Crippen molar-refractivity contribution in [3.8, 4) is 16.9 Å². The summed E-state index contributed by atoms with van der Waals surface area (Å²) in [4.78, 5) is 13.1. The molecule has 0 aliphatic heterocycles. The zero-order valence-corrected chi connectivity index (χ0v) is 22.2. The minimum atomic E-state index is -4.79. The van der Waals surface area contributed by atoms with Crippen molar-refractivity contribution < 1.29 is 35.9 Å². The summed E-state index contributed by atoms with van der Waals surface area (Å²) in [5.74, 6) is -0.904. The van der Waals surface area contributed by atoms with Gasteiger partial charge < -0.3 is 9.47 Å². The number of carbonyl (C=O) groups is 1. The predicted octanol–water partition coefficient (Wildman–Crippen LogP) is 6.84. The monoisotopic (exact) mass is 557 g/mol. The van der Waals surface area contributed by atoms with Crippen molar-refractivity contribution >= 4 is 26.8 Å². The van der Waals surface area contributed by atoms with Crippen LogP contribution >= 0.6 is 0 Å². The van der Waals surface area contributed by atoms with Crippen LogP contribution in [0.5, 0.6) is 5.75 Å². The second-order valence-electron chi connectivity index (χ2n) is 9.74. The van der Waals surface area contributed by atoms with E-state index in [1.165, 1.54) is 36.4 Å². The Hall–Kier alpha value is -3.89. The van der Waals surface area contributed by atoms with Gasteiger partial charge in [0.1, 0.15) is 11.4 Å². The highest BCUT2D eigenvalue weighted by atomic mass is 32.2. The average Bonchev–Trinajstić information content (AvgIpc) is 2.85. The fourth-order valence-corrected chi connectivity index (χ4v) is 4.97. The summed E-state index contributed by atoms with van der Waals surface area (Å²) in [6.07, 6.45) is -4.79. The number of hydrogen-bond donors (Lipinski definition) is 1. The molecule has 39 heavy (non-hydrogen) atoms. The molecule has 10 heteroatoms. The first kappa shape index (κ1) is 28.1. The Morgan fingerprint density at radius 3 is 2.00 bits per heavy atom. The van der Waals surface area contributed by atoms with Gasteiger partial charge in [0.25, 0.3) is 0 Å². The van der Waals surface area contributed by atoms with Gasteiger partial charge in [-0.25, -0.2) is 17.9 Å². The number of rotatable bonds is 7. The van der Waals surface area contributed by atoms with Crippen molar-refractivity contribution in [1.82, 2.24) is 4.72 Å². The number of hydrogen-bond acceptors (Lipinski definition) is 5. The Balaban J connectivity index is 1.54. The summed E-state index contributed by atoms with van der Waals surface area (Å²) < 4.78 is 75.3. The first-order valence-electron chi connectivity index (χ1n) is 11.9. The van der Waals surface area contributed by atoms with E-state index in [4.69, 9.17) is 4.74 Å². The number of esters is 1. The van der Waals surface area contributed by atoms with E-state index in [2.05, 4.69) is 9.46 Å². The lowest BCUT2D eigenvalue weighted by Gasteiger charge is -2.21. The molecule has 0 atom stereocenters. The number of halogens is 3. The van der Waals surface area contributed by atoms with Crippen LogP contribution in [0.15, 0.2) is 89.8 Å². The van der Waals surface area contributed by atoms with E-state index < -0.39 is 28.0 Å². The molecular weight excluding hydrogens is 531 g/mol. The molecule has 1 N–H and O–H groups in total. The topological polar surface area (TPSA) is 81.7 Å². The van der Waals surface area contributed by atoms with Crippen LogP contribution in [0.25, 0.3) is 21.9 Å². The lowest BCUT2D eigenvalue weighted by molar-refractivity contribution is -0.274. The quantitative estimate of drug-likeness (QED) is 0.252. The summed E-state index contributed by atoms with van der Waals surface area (Å²) in [5, 5.41) is 1.47. The van der Waals surface area contributed by atoms with E-state index in [-0.39, 0.29) is 17.2 Å². The Morgan fingerprint density at radius 1 is 0.821 bits per heavy atom. The van der Waals surface area contributed by atoms with Crippen LogP contribution in [-0.2, 0) is 21.3 Å². The predicted molar refractivity (Wildman–Crippen MR) is 142 cm³/mol. The molecule has 0 bridgehead atoms. The van der Waals surface area contributed by atoms with Gasteiger partial charge in [-0.2, -0.15) is 0 Å². The molecule has 0 fully saturated rings. The zero-order chi connectivity index (χ0) is 28.4. The van der Waals surface area contributed by atoms with E-state index in [9.17, 15) is 26.4 Å². The van der Waals surface area contributed by atoms with Gasteiger partial charge in [0, 0.05) is 6.54 Å². The van der Waals surface area contributed by atoms with E-state index in [1.807, 2.05) is 18.2 Å². The van der Waals surface area contributed by atoms with Crippen LogP contribution in [0.4, 0.5) is 13.2 Å².